The molecule has 2 rings (SSSR count). The van der Waals surface area contributed by atoms with Crippen molar-refractivity contribution in [3.05, 3.63) is 63.7 Å². The van der Waals surface area contributed by atoms with Gasteiger partial charge in [-0.1, -0.05) is 24.3 Å². The summed E-state index contributed by atoms with van der Waals surface area (Å²) in [6.45, 7) is 1.85. The highest BCUT2D eigenvalue weighted by molar-refractivity contribution is 5.71. The fraction of sp³-hybridized carbons (Fsp3) is 0.200. The van der Waals surface area contributed by atoms with Crippen molar-refractivity contribution in [2.45, 2.75) is 13.3 Å². The Bertz CT molecular complexity index is 626. The van der Waals surface area contributed by atoms with Gasteiger partial charge in [-0.25, -0.2) is 0 Å². The second kappa shape index (κ2) is 6.16. The highest BCUT2D eigenvalue weighted by Gasteiger charge is 2.14. The van der Waals surface area contributed by atoms with Crippen molar-refractivity contribution < 1.29 is 10.0 Å². The minimum absolute atomic E-state index is 0.0364. The van der Waals surface area contributed by atoms with Crippen molar-refractivity contribution in [1.29, 1.82) is 0 Å². The minimum atomic E-state index is -0.399. The number of hydrogen-bond acceptors (Lipinski definition) is 4. The molecule has 0 saturated heterocycles. The number of aliphatic hydroxyl groups excluding tert-OH is 1. The van der Waals surface area contributed by atoms with Crippen molar-refractivity contribution in [2.24, 2.45) is 0 Å². The van der Waals surface area contributed by atoms with Gasteiger partial charge in [0.25, 0.3) is 5.69 Å². The minimum Gasteiger partial charge on any atom is -0.396 e. The Morgan fingerprint density at radius 3 is 2.65 bits per heavy atom. The summed E-state index contributed by atoms with van der Waals surface area (Å²) in [7, 11) is 0. The molecule has 0 unspecified atom stereocenters. The zero-order valence-electron chi connectivity index (χ0n) is 11.2. The van der Waals surface area contributed by atoms with Crippen molar-refractivity contribution in [3.8, 4) is 0 Å². The maximum absolute atomic E-state index is 11.1. The van der Waals surface area contributed by atoms with E-state index in [9.17, 15) is 10.1 Å². The van der Waals surface area contributed by atoms with Crippen LogP contribution >= 0.6 is 0 Å². The lowest BCUT2D eigenvalue weighted by Gasteiger charge is -2.12. The Morgan fingerprint density at radius 2 is 1.95 bits per heavy atom. The lowest BCUT2D eigenvalue weighted by atomic mass is 10.1. The number of anilines is 2. The van der Waals surface area contributed by atoms with E-state index in [1.165, 1.54) is 6.07 Å². The molecule has 5 heteroatoms. The van der Waals surface area contributed by atoms with Crippen molar-refractivity contribution in [2.75, 3.05) is 11.9 Å². The molecule has 0 radical (unpaired) electrons. The third-order valence-corrected chi connectivity index (χ3v) is 3.02. The van der Waals surface area contributed by atoms with Gasteiger partial charge in [0.1, 0.15) is 5.69 Å². The maximum atomic E-state index is 11.1. The Morgan fingerprint density at radius 1 is 1.20 bits per heavy atom. The molecular weight excluding hydrogens is 256 g/mol. The predicted molar refractivity (Wildman–Crippen MR) is 78.3 cm³/mol. The van der Waals surface area contributed by atoms with Crippen LogP contribution in [0.25, 0.3) is 0 Å². The van der Waals surface area contributed by atoms with Crippen LogP contribution < -0.4 is 5.32 Å². The average Bonchev–Trinajstić information content (AvgIpc) is 2.43. The van der Waals surface area contributed by atoms with Gasteiger partial charge in [-0.15, -0.1) is 0 Å². The maximum Gasteiger partial charge on any atom is 0.292 e. The van der Waals surface area contributed by atoms with E-state index >= 15 is 0 Å². The Kier molecular flexibility index (Phi) is 4.32. The molecule has 0 aliphatic carbocycles. The Hall–Kier alpha value is -2.40. The third kappa shape index (κ3) is 3.13. The van der Waals surface area contributed by atoms with Gasteiger partial charge in [-0.05, 0) is 36.6 Å². The summed E-state index contributed by atoms with van der Waals surface area (Å²) in [6.07, 6.45) is 0.503. The predicted octanol–water partition coefficient (Wildman–Crippen LogP) is 3.18. The van der Waals surface area contributed by atoms with Crippen molar-refractivity contribution in [3.63, 3.8) is 0 Å². The monoisotopic (exact) mass is 272 g/mol. The highest BCUT2D eigenvalue weighted by Crippen LogP contribution is 2.29. The molecule has 0 amide bonds. The zero-order chi connectivity index (χ0) is 14.5. The summed E-state index contributed by atoms with van der Waals surface area (Å²) >= 11 is 0. The van der Waals surface area contributed by atoms with Crippen LogP contribution in [0.3, 0.4) is 0 Å². The molecule has 0 saturated carbocycles. The van der Waals surface area contributed by atoms with E-state index in [0.29, 0.717) is 12.1 Å². The Balaban J connectivity index is 2.37. The zero-order valence-corrected chi connectivity index (χ0v) is 11.2. The van der Waals surface area contributed by atoms with Gasteiger partial charge in [0, 0.05) is 18.4 Å². The number of hydrogen-bond donors (Lipinski definition) is 2. The van der Waals surface area contributed by atoms with Gasteiger partial charge in [0.2, 0.25) is 0 Å². The number of nitro benzene ring substituents is 1. The summed E-state index contributed by atoms with van der Waals surface area (Å²) in [6, 6.07) is 12.5. The third-order valence-electron chi connectivity index (χ3n) is 3.02. The second-order valence-electron chi connectivity index (χ2n) is 4.53. The lowest BCUT2D eigenvalue weighted by Crippen LogP contribution is -2.01. The van der Waals surface area contributed by atoms with Gasteiger partial charge in [0.05, 0.1) is 4.92 Å². The van der Waals surface area contributed by atoms with E-state index in [1.54, 1.807) is 6.07 Å². The number of aliphatic hydroxyl groups is 1. The molecule has 0 bridgehead atoms. The summed E-state index contributed by atoms with van der Waals surface area (Å²) in [5.41, 5.74) is 3.03. The Labute approximate surface area is 117 Å². The summed E-state index contributed by atoms with van der Waals surface area (Å²) in [5.74, 6) is 0. The molecule has 104 valence electrons. The summed E-state index contributed by atoms with van der Waals surface area (Å²) in [5, 5.41) is 23.2. The average molecular weight is 272 g/mol. The second-order valence-corrected chi connectivity index (χ2v) is 4.53. The topological polar surface area (TPSA) is 75.4 Å². The molecule has 2 aromatic rings. The molecule has 5 nitrogen and oxygen atoms in total. The van der Waals surface area contributed by atoms with Gasteiger partial charge in [0.15, 0.2) is 0 Å². The van der Waals surface area contributed by atoms with E-state index in [2.05, 4.69) is 5.32 Å². The molecule has 0 atom stereocenters. The number of nitro groups is 1. The number of nitrogens with one attached hydrogen (secondary N) is 1. The normalized spacial score (nSPS) is 10.3. The lowest BCUT2D eigenvalue weighted by molar-refractivity contribution is -0.384. The number of benzene rings is 2. The number of aryl methyl sites for hydroxylation is 1. The van der Waals surface area contributed by atoms with Crippen LogP contribution in [0.1, 0.15) is 11.1 Å². The van der Waals surface area contributed by atoms with E-state index < -0.39 is 4.92 Å². The van der Waals surface area contributed by atoms with Crippen LogP contribution in [0, 0.1) is 17.0 Å². The van der Waals surface area contributed by atoms with E-state index in [1.807, 2.05) is 37.3 Å². The standard InChI is InChI=1S/C15H16N2O3/c1-11-6-7-14(15(10-11)17(19)20)16-13-5-3-2-4-12(13)8-9-18/h2-7,10,16,18H,8-9H2,1H3. The fourth-order valence-electron chi connectivity index (χ4n) is 2.02. The smallest absolute Gasteiger partial charge is 0.292 e. The number of rotatable bonds is 5. The van der Waals surface area contributed by atoms with E-state index in [4.69, 9.17) is 5.11 Å². The van der Waals surface area contributed by atoms with E-state index in [0.717, 1.165) is 16.8 Å². The van der Waals surface area contributed by atoms with Crippen LogP contribution in [0.2, 0.25) is 0 Å². The number of nitrogens with zero attached hydrogens (tertiary/aromatic N) is 1. The van der Waals surface area contributed by atoms with Crippen LogP contribution in [0.4, 0.5) is 17.1 Å². The van der Waals surface area contributed by atoms with Crippen LogP contribution in [0.5, 0.6) is 0 Å². The van der Waals surface area contributed by atoms with Crippen molar-refractivity contribution in [1.82, 2.24) is 0 Å². The van der Waals surface area contributed by atoms with Crippen LogP contribution in [-0.2, 0) is 6.42 Å². The van der Waals surface area contributed by atoms with Crippen LogP contribution in [-0.4, -0.2) is 16.6 Å². The molecule has 20 heavy (non-hydrogen) atoms. The molecule has 2 N–H and O–H groups in total. The van der Waals surface area contributed by atoms with Gasteiger partial charge >= 0.3 is 0 Å². The van der Waals surface area contributed by atoms with Crippen molar-refractivity contribution >= 4 is 17.1 Å². The molecule has 0 aliphatic rings. The molecule has 2 aromatic carbocycles. The van der Waals surface area contributed by atoms with Gasteiger partial charge in [-0.3, -0.25) is 10.1 Å². The molecule has 0 aromatic heterocycles. The fourth-order valence-corrected chi connectivity index (χ4v) is 2.02. The SMILES string of the molecule is Cc1ccc(Nc2ccccc2CCO)c([N+](=O)[O-])c1. The first kappa shape index (κ1) is 14.0. The summed E-state index contributed by atoms with van der Waals surface area (Å²) in [4.78, 5) is 10.7. The van der Waals surface area contributed by atoms with Gasteiger partial charge < -0.3 is 10.4 Å². The first-order valence-electron chi connectivity index (χ1n) is 6.32. The van der Waals surface area contributed by atoms with Crippen LogP contribution in [0.15, 0.2) is 42.5 Å². The summed E-state index contributed by atoms with van der Waals surface area (Å²) < 4.78 is 0. The van der Waals surface area contributed by atoms with E-state index in [-0.39, 0.29) is 12.3 Å². The molecule has 0 aliphatic heterocycles. The first-order valence-corrected chi connectivity index (χ1v) is 6.32. The molecule has 0 fully saturated rings. The van der Waals surface area contributed by atoms with Gasteiger partial charge in [-0.2, -0.15) is 0 Å². The molecular formula is C15H16N2O3. The first-order chi connectivity index (χ1) is 9.61. The highest BCUT2D eigenvalue weighted by atomic mass is 16.6. The quantitative estimate of drug-likeness (QED) is 0.647. The largest absolute Gasteiger partial charge is 0.396 e. The number of para-hydroxylation sites is 1. The molecule has 0 spiro atoms. The molecule has 0 heterocycles.